The predicted molar refractivity (Wildman–Crippen MR) is 75.8 cm³/mol. The van der Waals surface area contributed by atoms with Crippen molar-refractivity contribution in [3.63, 3.8) is 0 Å². The Hall–Kier alpha value is -2.35. The highest BCUT2D eigenvalue weighted by Crippen LogP contribution is 2.43. The molecule has 2 N–H and O–H groups in total. The van der Waals surface area contributed by atoms with E-state index in [1.54, 1.807) is 12.4 Å². The van der Waals surface area contributed by atoms with E-state index in [1.165, 1.54) is 19.3 Å². The van der Waals surface area contributed by atoms with Gasteiger partial charge in [-0.1, -0.05) is 6.42 Å². The number of nitrogens with two attached hydrogens (primary N) is 1. The summed E-state index contributed by atoms with van der Waals surface area (Å²) in [4.78, 5) is 0. The Morgan fingerprint density at radius 3 is 2.75 bits per heavy atom. The lowest BCUT2D eigenvalue weighted by molar-refractivity contribution is 0.274. The van der Waals surface area contributed by atoms with Crippen LogP contribution in [0.4, 0.5) is 5.69 Å². The molecule has 3 rings (SSSR count). The molecule has 0 aliphatic heterocycles. The number of aromatic nitrogens is 3. The molecule has 5 heteroatoms. The van der Waals surface area contributed by atoms with Crippen LogP contribution < -0.4 is 5.73 Å². The first-order valence-corrected chi connectivity index (χ1v) is 6.83. The summed E-state index contributed by atoms with van der Waals surface area (Å²) in [7, 11) is 1.96. The fourth-order valence-electron chi connectivity index (χ4n) is 2.90. The Labute approximate surface area is 118 Å². The van der Waals surface area contributed by atoms with Gasteiger partial charge in [0, 0.05) is 18.7 Å². The maximum Gasteiger partial charge on any atom is 0.140 e. The monoisotopic (exact) mass is 267 g/mol. The van der Waals surface area contributed by atoms with Crippen LogP contribution in [0.3, 0.4) is 0 Å². The van der Waals surface area contributed by atoms with Crippen LogP contribution in [0.2, 0.25) is 0 Å². The van der Waals surface area contributed by atoms with Gasteiger partial charge in [0.2, 0.25) is 0 Å². The van der Waals surface area contributed by atoms with E-state index < -0.39 is 0 Å². The number of hydrogen-bond donors (Lipinski definition) is 1. The van der Waals surface area contributed by atoms with Crippen molar-refractivity contribution in [2.24, 2.45) is 13.0 Å². The van der Waals surface area contributed by atoms with E-state index in [-0.39, 0.29) is 5.92 Å². The zero-order valence-corrected chi connectivity index (χ0v) is 11.5. The normalized spacial score (nSPS) is 16.4. The second-order valence-corrected chi connectivity index (χ2v) is 5.47. The number of benzene rings is 1. The van der Waals surface area contributed by atoms with E-state index in [2.05, 4.69) is 16.3 Å². The van der Waals surface area contributed by atoms with Crippen LogP contribution in [0.5, 0.6) is 0 Å². The third-order valence-corrected chi connectivity index (χ3v) is 4.11. The van der Waals surface area contributed by atoms with Crippen LogP contribution in [0.15, 0.2) is 24.5 Å². The molecule has 1 unspecified atom stereocenters. The Balaban J connectivity index is 2.08. The van der Waals surface area contributed by atoms with Crippen LogP contribution in [-0.4, -0.2) is 14.8 Å². The van der Waals surface area contributed by atoms with Gasteiger partial charge in [0.25, 0.3) is 0 Å². The SMILES string of the molecule is Cn1cnnc1C(c1cc(N)cc(C#N)c1)C1CCC1. The summed E-state index contributed by atoms with van der Waals surface area (Å²) < 4.78 is 1.96. The Kier molecular flexibility index (Phi) is 3.15. The number of nitrogens with zero attached hydrogens (tertiary/aromatic N) is 4. The molecule has 1 aliphatic carbocycles. The molecule has 2 aromatic rings. The molecule has 1 heterocycles. The van der Waals surface area contributed by atoms with Crippen LogP contribution in [-0.2, 0) is 7.05 Å². The average Bonchev–Trinajstić information content (AvgIpc) is 2.78. The van der Waals surface area contributed by atoms with Crippen molar-refractivity contribution in [2.45, 2.75) is 25.2 Å². The summed E-state index contributed by atoms with van der Waals surface area (Å²) in [5, 5.41) is 17.4. The molecule has 1 aliphatic rings. The topological polar surface area (TPSA) is 80.5 Å². The molecule has 1 saturated carbocycles. The highest BCUT2D eigenvalue weighted by atomic mass is 15.2. The van der Waals surface area contributed by atoms with Crippen molar-refractivity contribution in [2.75, 3.05) is 5.73 Å². The maximum absolute atomic E-state index is 9.12. The molecular weight excluding hydrogens is 250 g/mol. The zero-order chi connectivity index (χ0) is 14.1. The number of aryl methyl sites for hydroxylation is 1. The second kappa shape index (κ2) is 4.97. The molecule has 1 aromatic heterocycles. The van der Waals surface area contributed by atoms with Gasteiger partial charge in [0.15, 0.2) is 0 Å². The molecule has 102 valence electrons. The minimum atomic E-state index is 0.173. The molecule has 0 bridgehead atoms. The Bertz CT molecular complexity index is 663. The van der Waals surface area contributed by atoms with E-state index in [9.17, 15) is 0 Å². The summed E-state index contributed by atoms with van der Waals surface area (Å²) in [5.41, 5.74) is 8.23. The van der Waals surface area contributed by atoms with E-state index in [1.807, 2.05) is 23.7 Å². The van der Waals surface area contributed by atoms with Crippen molar-refractivity contribution in [1.29, 1.82) is 5.26 Å². The van der Waals surface area contributed by atoms with Crippen molar-refractivity contribution in [1.82, 2.24) is 14.8 Å². The quantitative estimate of drug-likeness (QED) is 0.864. The van der Waals surface area contributed by atoms with Crippen molar-refractivity contribution in [3.05, 3.63) is 41.5 Å². The van der Waals surface area contributed by atoms with E-state index >= 15 is 0 Å². The summed E-state index contributed by atoms with van der Waals surface area (Å²) in [6, 6.07) is 7.76. The molecular formula is C15H17N5. The zero-order valence-electron chi connectivity index (χ0n) is 11.5. The fourth-order valence-corrected chi connectivity index (χ4v) is 2.90. The first kappa shape index (κ1) is 12.7. The molecule has 5 nitrogen and oxygen atoms in total. The minimum Gasteiger partial charge on any atom is -0.399 e. The molecule has 1 fully saturated rings. The molecule has 0 saturated heterocycles. The molecule has 0 spiro atoms. The number of rotatable bonds is 3. The smallest absolute Gasteiger partial charge is 0.140 e. The molecule has 1 aromatic carbocycles. The third-order valence-electron chi connectivity index (χ3n) is 4.11. The third kappa shape index (κ3) is 2.14. The van der Waals surface area contributed by atoms with Gasteiger partial charge in [-0.2, -0.15) is 5.26 Å². The van der Waals surface area contributed by atoms with E-state index in [0.717, 1.165) is 11.4 Å². The van der Waals surface area contributed by atoms with Crippen LogP contribution in [0.25, 0.3) is 0 Å². The lowest BCUT2D eigenvalue weighted by Crippen LogP contribution is -2.24. The highest BCUT2D eigenvalue weighted by molar-refractivity contribution is 5.50. The summed E-state index contributed by atoms with van der Waals surface area (Å²) in [6.45, 7) is 0. The van der Waals surface area contributed by atoms with Gasteiger partial charge in [0.05, 0.1) is 11.6 Å². The van der Waals surface area contributed by atoms with Crippen molar-refractivity contribution < 1.29 is 0 Å². The van der Waals surface area contributed by atoms with E-state index in [0.29, 0.717) is 17.2 Å². The average molecular weight is 267 g/mol. The Morgan fingerprint density at radius 2 is 2.20 bits per heavy atom. The molecule has 1 atom stereocenters. The van der Waals surface area contributed by atoms with Crippen molar-refractivity contribution >= 4 is 5.69 Å². The van der Waals surface area contributed by atoms with E-state index in [4.69, 9.17) is 11.0 Å². The molecule has 20 heavy (non-hydrogen) atoms. The number of nitriles is 1. The fraction of sp³-hybridized carbons (Fsp3) is 0.400. The summed E-state index contributed by atoms with van der Waals surface area (Å²) >= 11 is 0. The van der Waals surface area contributed by atoms with Crippen LogP contribution >= 0.6 is 0 Å². The Morgan fingerprint density at radius 1 is 1.40 bits per heavy atom. The molecule has 0 amide bonds. The van der Waals surface area contributed by atoms with Gasteiger partial charge >= 0.3 is 0 Å². The predicted octanol–water partition coefficient (Wildman–Crippen LogP) is 2.20. The number of anilines is 1. The van der Waals surface area contributed by atoms with Gasteiger partial charge in [-0.3, -0.25) is 0 Å². The minimum absolute atomic E-state index is 0.173. The first-order valence-electron chi connectivity index (χ1n) is 6.83. The van der Waals surface area contributed by atoms with Crippen molar-refractivity contribution in [3.8, 4) is 6.07 Å². The summed E-state index contributed by atoms with van der Waals surface area (Å²) in [5.74, 6) is 1.68. The van der Waals surface area contributed by atoms with Gasteiger partial charge in [-0.25, -0.2) is 0 Å². The number of hydrogen-bond acceptors (Lipinski definition) is 4. The maximum atomic E-state index is 9.12. The highest BCUT2D eigenvalue weighted by Gasteiger charge is 2.33. The second-order valence-electron chi connectivity index (χ2n) is 5.47. The van der Waals surface area contributed by atoms with Gasteiger partial charge in [-0.15, -0.1) is 10.2 Å². The van der Waals surface area contributed by atoms with Gasteiger partial charge in [0.1, 0.15) is 12.2 Å². The number of nitrogen functional groups attached to an aromatic ring is 1. The lowest BCUT2D eigenvalue weighted by Gasteiger charge is -2.33. The lowest BCUT2D eigenvalue weighted by atomic mass is 9.72. The molecule has 0 radical (unpaired) electrons. The standard InChI is InChI=1S/C15H17N5/c1-20-9-18-19-15(20)14(11-3-2-4-11)12-5-10(8-16)6-13(17)7-12/h5-7,9,11,14H,2-4,17H2,1H3. The summed E-state index contributed by atoms with van der Waals surface area (Å²) in [6.07, 6.45) is 5.35. The van der Waals surface area contributed by atoms with Crippen LogP contribution in [0, 0.1) is 17.2 Å². The van der Waals surface area contributed by atoms with Gasteiger partial charge in [-0.05, 0) is 42.5 Å². The largest absolute Gasteiger partial charge is 0.399 e. The van der Waals surface area contributed by atoms with Crippen LogP contribution in [0.1, 0.15) is 42.1 Å². The van der Waals surface area contributed by atoms with Gasteiger partial charge < -0.3 is 10.3 Å². The first-order chi connectivity index (χ1) is 9.69.